The number of amides is 1. The maximum atomic E-state index is 10.7. The molecule has 4 nitrogen and oxygen atoms in total. The first-order valence-corrected chi connectivity index (χ1v) is 3.35. The van der Waals surface area contributed by atoms with E-state index in [4.69, 9.17) is 10.5 Å². The van der Waals surface area contributed by atoms with Crippen molar-refractivity contribution in [2.24, 2.45) is 5.73 Å². The summed E-state index contributed by atoms with van der Waals surface area (Å²) in [5.41, 5.74) is 5.45. The molecular weight excluding hydrogens is 144 g/mol. The molecule has 1 aromatic rings. The highest BCUT2D eigenvalue weighted by atomic mass is 16.5. The molecule has 11 heavy (non-hydrogen) atoms. The van der Waals surface area contributed by atoms with E-state index in [-0.39, 0.29) is 0 Å². The second-order valence-electron chi connectivity index (χ2n) is 2.02. The summed E-state index contributed by atoms with van der Waals surface area (Å²) in [7, 11) is 0. The van der Waals surface area contributed by atoms with Gasteiger partial charge in [-0.3, -0.25) is 4.79 Å². The predicted molar refractivity (Wildman–Crippen MR) is 40.5 cm³/mol. The maximum Gasteiger partial charge on any atom is 0.254 e. The van der Waals surface area contributed by atoms with Crippen molar-refractivity contribution in [1.29, 1.82) is 0 Å². The second kappa shape index (κ2) is 3.09. The molecule has 0 aromatic carbocycles. The first-order chi connectivity index (χ1) is 5.25. The average Bonchev–Trinajstić information content (AvgIpc) is 2.36. The highest BCUT2D eigenvalue weighted by molar-refractivity contribution is 5.95. The number of aromatic nitrogens is 1. The molecule has 0 bridgehead atoms. The van der Waals surface area contributed by atoms with Gasteiger partial charge >= 0.3 is 0 Å². The molecule has 0 saturated heterocycles. The van der Waals surface area contributed by atoms with Gasteiger partial charge in [0.15, 0.2) is 0 Å². The minimum Gasteiger partial charge on any atom is -0.479 e. The van der Waals surface area contributed by atoms with Crippen LogP contribution in [0.2, 0.25) is 0 Å². The Bertz CT molecular complexity index is 255. The standard InChI is InChI=1S/C7H10N2O2/c1-2-11-7-5(6(8)10)3-4-9-7/h3-4,9H,2H2,1H3,(H2,8,10). The third-order valence-corrected chi connectivity index (χ3v) is 1.26. The highest BCUT2D eigenvalue weighted by Crippen LogP contribution is 2.13. The first kappa shape index (κ1) is 7.65. The molecule has 1 rings (SSSR count). The van der Waals surface area contributed by atoms with Gasteiger partial charge < -0.3 is 15.5 Å². The van der Waals surface area contributed by atoms with Gasteiger partial charge in [-0.05, 0) is 13.0 Å². The quantitative estimate of drug-likeness (QED) is 0.666. The fourth-order valence-corrected chi connectivity index (χ4v) is 0.812. The average molecular weight is 154 g/mol. The Morgan fingerprint density at radius 2 is 2.55 bits per heavy atom. The molecule has 1 heterocycles. The molecule has 0 fully saturated rings. The molecule has 0 saturated carbocycles. The smallest absolute Gasteiger partial charge is 0.254 e. The Morgan fingerprint density at radius 3 is 3.09 bits per heavy atom. The van der Waals surface area contributed by atoms with Gasteiger partial charge in [0.1, 0.15) is 5.56 Å². The normalized spacial score (nSPS) is 9.55. The number of H-pyrrole nitrogens is 1. The Labute approximate surface area is 64.4 Å². The highest BCUT2D eigenvalue weighted by Gasteiger charge is 2.08. The van der Waals surface area contributed by atoms with Gasteiger partial charge in [-0.2, -0.15) is 0 Å². The van der Waals surface area contributed by atoms with Gasteiger partial charge in [-0.1, -0.05) is 0 Å². The first-order valence-electron chi connectivity index (χ1n) is 3.35. The van der Waals surface area contributed by atoms with Crippen LogP contribution in [-0.2, 0) is 0 Å². The lowest BCUT2D eigenvalue weighted by Crippen LogP contribution is -2.11. The van der Waals surface area contributed by atoms with E-state index in [1.54, 1.807) is 12.3 Å². The molecule has 0 unspecified atom stereocenters. The Hall–Kier alpha value is -1.45. The third kappa shape index (κ3) is 1.52. The van der Waals surface area contributed by atoms with Crippen LogP contribution in [0.1, 0.15) is 17.3 Å². The SMILES string of the molecule is CCOc1[nH]ccc1C(N)=O. The van der Waals surface area contributed by atoms with Gasteiger partial charge in [-0.25, -0.2) is 0 Å². The molecule has 0 aliphatic carbocycles. The lowest BCUT2D eigenvalue weighted by atomic mass is 10.3. The minimum absolute atomic E-state index is 0.395. The number of ether oxygens (including phenoxy) is 1. The summed E-state index contributed by atoms with van der Waals surface area (Å²) in [5, 5.41) is 0. The maximum absolute atomic E-state index is 10.7. The van der Waals surface area contributed by atoms with Gasteiger partial charge in [0.25, 0.3) is 5.91 Å². The zero-order chi connectivity index (χ0) is 8.27. The number of rotatable bonds is 3. The van der Waals surface area contributed by atoms with Crippen molar-refractivity contribution >= 4 is 5.91 Å². The van der Waals surface area contributed by atoms with Crippen LogP contribution in [0.25, 0.3) is 0 Å². The van der Waals surface area contributed by atoms with Gasteiger partial charge in [0.2, 0.25) is 5.88 Å². The Balaban J connectivity index is 2.87. The molecule has 3 N–H and O–H groups in total. The van der Waals surface area contributed by atoms with Gasteiger partial charge in [0.05, 0.1) is 6.61 Å². The third-order valence-electron chi connectivity index (χ3n) is 1.26. The van der Waals surface area contributed by atoms with E-state index in [2.05, 4.69) is 4.98 Å². The van der Waals surface area contributed by atoms with Crippen LogP contribution in [0, 0.1) is 0 Å². The largest absolute Gasteiger partial charge is 0.479 e. The number of carbonyl (C=O) groups is 1. The number of hydrogen-bond donors (Lipinski definition) is 2. The van der Waals surface area contributed by atoms with Crippen LogP contribution in [0.5, 0.6) is 5.88 Å². The molecule has 1 amide bonds. The Morgan fingerprint density at radius 1 is 1.82 bits per heavy atom. The van der Waals surface area contributed by atoms with Crippen molar-refractivity contribution < 1.29 is 9.53 Å². The van der Waals surface area contributed by atoms with Gasteiger partial charge in [-0.15, -0.1) is 0 Å². The van der Waals surface area contributed by atoms with E-state index >= 15 is 0 Å². The molecule has 1 aromatic heterocycles. The number of nitrogens with two attached hydrogens (primary N) is 1. The summed E-state index contributed by atoms with van der Waals surface area (Å²) in [4.78, 5) is 13.4. The van der Waals surface area contributed by atoms with Crippen LogP contribution in [-0.4, -0.2) is 17.5 Å². The number of nitrogens with one attached hydrogen (secondary N) is 1. The van der Waals surface area contributed by atoms with Crippen LogP contribution >= 0.6 is 0 Å². The van der Waals surface area contributed by atoms with Crippen LogP contribution in [0.4, 0.5) is 0 Å². The summed E-state index contributed by atoms with van der Waals surface area (Å²) >= 11 is 0. The predicted octanol–water partition coefficient (Wildman–Crippen LogP) is 0.512. The van der Waals surface area contributed by atoms with E-state index in [1.165, 1.54) is 0 Å². The minimum atomic E-state index is -0.477. The monoisotopic (exact) mass is 154 g/mol. The molecule has 4 heteroatoms. The van der Waals surface area contributed by atoms with Crippen molar-refractivity contribution in [1.82, 2.24) is 4.98 Å². The molecule has 0 atom stereocenters. The summed E-state index contributed by atoms with van der Waals surface area (Å²) in [6.07, 6.45) is 1.62. The van der Waals surface area contributed by atoms with Crippen LogP contribution in [0.3, 0.4) is 0 Å². The van der Waals surface area contributed by atoms with E-state index in [1.807, 2.05) is 6.92 Å². The fourth-order valence-electron chi connectivity index (χ4n) is 0.812. The van der Waals surface area contributed by atoms with Gasteiger partial charge in [0, 0.05) is 6.20 Å². The van der Waals surface area contributed by atoms with E-state index in [9.17, 15) is 4.79 Å². The Kier molecular flexibility index (Phi) is 2.15. The zero-order valence-corrected chi connectivity index (χ0v) is 6.26. The molecule has 0 radical (unpaired) electrons. The lowest BCUT2D eigenvalue weighted by Gasteiger charge is -2.00. The van der Waals surface area contributed by atoms with E-state index in [0.29, 0.717) is 18.1 Å². The van der Waals surface area contributed by atoms with Crippen molar-refractivity contribution in [2.75, 3.05) is 6.61 Å². The number of hydrogen-bond acceptors (Lipinski definition) is 2. The summed E-state index contributed by atoms with van der Waals surface area (Å²) in [6.45, 7) is 2.35. The van der Waals surface area contributed by atoms with Crippen LogP contribution in [0.15, 0.2) is 12.3 Å². The second-order valence-corrected chi connectivity index (χ2v) is 2.02. The topological polar surface area (TPSA) is 68.1 Å². The molecule has 0 aliphatic heterocycles. The lowest BCUT2D eigenvalue weighted by molar-refractivity contribution is 0.0996. The summed E-state index contributed by atoms with van der Waals surface area (Å²) in [5.74, 6) is -0.0327. The molecule has 0 spiro atoms. The molecular formula is C7H10N2O2. The van der Waals surface area contributed by atoms with E-state index in [0.717, 1.165) is 0 Å². The number of primary amides is 1. The van der Waals surface area contributed by atoms with Crippen LogP contribution < -0.4 is 10.5 Å². The zero-order valence-electron chi connectivity index (χ0n) is 6.26. The molecule has 60 valence electrons. The fraction of sp³-hybridized carbons (Fsp3) is 0.286. The van der Waals surface area contributed by atoms with Crippen molar-refractivity contribution in [3.63, 3.8) is 0 Å². The van der Waals surface area contributed by atoms with Crippen molar-refractivity contribution in [3.05, 3.63) is 17.8 Å². The number of carbonyl (C=O) groups excluding carboxylic acids is 1. The number of aromatic amines is 1. The molecule has 0 aliphatic rings. The summed E-state index contributed by atoms with van der Waals surface area (Å²) < 4.78 is 5.08. The summed E-state index contributed by atoms with van der Waals surface area (Å²) in [6, 6.07) is 1.59. The van der Waals surface area contributed by atoms with Crippen molar-refractivity contribution in [3.8, 4) is 5.88 Å². The van der Waals surface area contributed by atoms with E-state index < -0.39 is 5.91 Å². The van der Waals surface area contributed by atoms with Crippen molar-refractivity contribution in [2.45, 2.75) is 6.92 Å².